The molecule has 0 aliphatic carbocycles. The van der Waals surface area contributed by atoms with Gasteiger partial charge in [-0.15, -0.1) is 0 Å². The van der Waals surface area contributed by atoms with Gasteiger partial charge >= 0.3 is 5.97 Å². The zero-order valence-corrected chi connectivity index (χ0v) is 27.3. The first-order valence-corrected chi connectivity index (χ1v) is 15.5. The van der Waals surface area contributed by atoms with Crippen molar-refractivity contribution in [1.29, 1.82) is 0 Å². The quantitative estimate of drug-likeness (QED) is 0.210. The molecular formula is C31H35IN2O6S. The van der Waals surface area contributed by atoms with E-state index in [0.717, 1.165) is 9.13 Å². The van der Waals surface area contributed by atoms with Crippen molar-refractivity contribution in [2.45, 2.75) is 66.7 Å². The molecule has 0 spiro atoms. The largest absolute Gasteiger partial charge is 0.491 e. The fraction of sp³-hybridized carbons (Fsp3) is 0.387. The standard InChI is InChI=1S/C31H35IN2O6S/c1-8-37-24-15-20(14-22(32)28(24)40-18(5)6)16-25-29(35)34-27(21-12-10-11-13-23(21)39-17(3)4)26(30(36)38-9-2)19(7)33-31(34)41-25/h10-18,27H,8-9H2,1-7H3/b25-16-/t27-/m0/s1. The molecule has 2 aromatic carbocycles. The van der Waals surface area contributed by atoms with Gasteiger partial charge in [-0.2, -0.15) is 0 Å². The smallest absolute Gasteiger partial charge is 0.338 e. The van der Waals surface area contributed by atoms with Crippen LogP contribution in [-0.4, -0.2) is 36.0 Å². The van der Waals surface area contributed by atoms with Crippen molar-refractivity contribution >= 4 is 46.0 Å². The van der Waals surface area contributed by atoms with Gasteiger partial charge in [-0.25, -0.2) is 9.79 Å². The number of allylic oxidation sites excluding steroid dienone is 1. The molecule has 1 atom stereocenters. The van der Waals surface area contributed by atoms with Crippen LogP contribution in [0, 0.1) is 3.57 Å². The van der Waals surface area contributed by atoms with Gasteiger partial charge in [0.05, 0.1) is 44.8 Å². The number of halogens is 1. The van der Waals surface area contributed by atoms with Crippen LogP contribution in [0.3, 0.4) is 0 Å². The van der Waals surface area contributed by atoms with Gasteiger partial charge in [-0.05, 0) is 101 Å². The first-order chi connectivity index (χ1) is 19.5. The molecular weight excluding hydrogens is 655 g/mol. The first-order valence-electron chi connectivity index (χ1n) is 13.6. The Labute approximate surface area is 257 Å². The average Bonchev–Trinajstić information content (AvgIpc) is 3.19. The predicted octanol–water partition coefficient (Wildman–Crippen LogP) is 5.38. The lowest BCUT2D eigenvalue weighted by atomic mass is 9.95. The minimum atomic E-state index is -0.761. The van der Waals surface area contributed by atoms with Gasteiger partial charge in [0.15, 0.2) is 16.3 Å². The van der Waals surface area contributed by atoms with E-state index in [2.05, 4.69) is 27.6 Å². The van der Waals surface area contributed by atoms with E-state index in [0.29, 0.717) is 50.0 Å². The van der Waals surface area contributed by atoms with Crippen LogP contribution < -0.4 is 29.1 Å². The molecule has 0 unspecified atom stereocenters. The molecule has 0 saturated carbocycles. The van der Waals surface area contributed by atoms with Crippen LogP contribution in [-0.2, 0) is 9.53 Å². The van der Waals surface area contributed by atoms with Gasteiger partial charge in [0.25, 0.3) is 5.56 Å². The Balaban J connectivity index is 1.94. The Kier molecular flexibility index (Phi) is 9.96. The molecule has 41 heavy (non-hydrogen) atoms. The SMILES string of the molecule is CCOC(=O)C1=C(C)N=c2s/c(=C\c3cc(I)c(OC(C)C)c(OCC)c3)c(=O)n2[C@H]1c1ccccc1OC(C)C. The summed E-state index contributed by atoms with van der Waals surface area (Å²) in [6.45, 7) is 13.9. The van der Waals surface area contributed by atoms with Crippen molar-refractivity contribution in [3.63, 3.8) is 0 Å². The minimum Gasteiger partial charge on any atom is -0.491 e. The highest BCUT2D eigenvalue weighted by Gasteiger charge is 2.35. The highest BCUT2D eigenvalue weighted by molar-refractivity contribution is 14.1. The van der Waals surface area contributed by atoms with Crippen LogP contribution in [0.1, 0.15) is 65.6 Å². The van der Waals surface area contributed by atoms with Gasteiger partial charge < -0.3 is 18.9 Å². The summed E-state index contributed by atoms with van der Waals surface area (Å²) in [7, 11) is 0. The summed E-state index contributed by atoms with van der Waals surface area (Å²) in [6.07, 6.45) is 1.70. The molecule has 10 heteroatoms. The second-order valence-electron chi connectivity index (χ2n) is 9.94. The molecule has 3 aromatic rings. The Morgan fingerprint density at radius 1 is 1.07 bits per heavy atom. The Bertz CT molecular complexity index is 1650. The Morgan fingerprint density at radius 2 is 1.78 bits per heavy atom. The van der Waals surface area contributed by atoms with Crippen molar-refractivity contribution in [2.24, 2.45) is 4.99 Å². The van der Waals surface area contributed by atoms with Gasteiger partial charge in [0.1, 0.15) is 11.8 Å². The van der Waals surface area contributed by atoms with E-state index in [-0.39, 0.29) is 24.4 Å². The number of para-hydroxylation sites is 1. The number of ether oxygens (including phenoxy) is 4. The highest BCUT2D eigenvalue weighted by atomic mass is 127. The molecule has 1 aliphatic heterocycles. The van der Waals surface area contributed by atoms with Crippen molar-refractivity contribution in [1.82, 2.24) is 4.57 Å². The lowest BCUT2D eigenvalue weighted by Crippen LogP contribution is -2.40. The number of fused-ring (bicyclic) bond motifs is 1. The van der Waals surface area contributed by atoms with Crippen LogP contribution in [0.15, 0.2) is 57.5 Å². The molecule has 8 nitrogen and oxygen atoms in total. The fourth-order valence-electron chi connectivity index (χ4n) is 4.59. The second kappa shape index (κ2) is 13.2. The van der Waals surface area contributed by atoms with Crippen LogP contribution in [0.2, 0.25) is 0 Å². The van der Waals surface area contributed by atoms with Crippen molar-refractivity contribution in [3.8, 4) is 17.2 Å². The van der Waals surface area contributed by atoms with E-state index in [4.69, 9.17) is 18.9 Å². The lowest BCUT2D eigenvalue weighted by molar-refractivity contribution is -0.139. The Morgan fingerprint density at radius 3 is 2.44 bits per heavy atom. The summed E-state index contributed by atoms with van der Waals surface area (Å²) in [4.78, 5) is 32.5. The maximum absolute atomic E-state index is 14.1. The number of rotatable bonds is 10. The lowest BCUT2D eigenvalue weighted by Gasteiger charge is -2.26. The number of benzene rings is 2. The number of aromatic nitrogens is 1. The Hall–Kier alpha value is -3.12. The highest BCUT2D eigenvalue weighted by Crippen LogP contribution is 2.37. The number of carbonyl (C=O) groups is 1. The van der Waals surface area contributed by atoms with E-state index >= 15 is 0 Å². The maximum Gasteiger partial charge on any atom is 0.338 e. The van der Waals surface area contributed by atoms with Crippen molar-refractivity contribution in [2.75, 3.05) is 13.2 Å². The zero-order chi connectivity index (χ0) is 29.8. The molecule has 218 valence electrons. The third-order valence-corrected chi connectivity index (χ3v) is 7.86. The molecule has 1 aromatic heterocycles. The van der Waals surface area contributed by atoms with Gasteiger partial charge in [0.2, 0.25) is 0 Å². The van der Waals surface area contributed by atoms with Crippen LogP contribution in [0.5, 0.6) is 17.2 Å². The number of nitrogens with zero attached hydrogens (tertiary/aromatic N) is 2. The van der Waals surface area contributed by atoms with E-state index in [9.17, 15) is 9.59 Å². The number of thiazole rings is 1. The molecule has 0 bridgehead atoms. The maximum atomic E-state index is 14.1. The van der Waals surface area contributed by atoms with E-state index in [1.54, 1.807) is 18.4 Å². The van der Waals surface area contributed by atoms with Gasteiger partial charge in [-0.1, -0.05) is 29.5 Å². The summed E-state index contributed by atoms with van der Waals surface area (Å²) >= 11 is 3.49. The molecule has 2 heterocycles. The summed E-state index contributed by atoms with van der Waals surface area (Å²) in [5, 5.41) is 0. The molecule has 0 amide bonds. The molecule has 1 aliphatic rings. The number of hydrogen-bond acceptors (Lipinski definition) is 8. The fourth-order valence-corrected chi connectivity index (χ4v) is 6.39. The molecule has 0 fully saturated rings. The van der Waals surface area contributed by atoms with Crippen molar-refractivity contribution in [3.05, 3.63) is 82.1 Å². The van der Waals surface area contributed by atoms with Crippen molar-refractivity contribution < 1.29 is 23.7 Å². The minimum absolute atomic E-state index is 0.0170. The molecule has 4 rings (SSSR count). The predicted molar refractivity (Wildman–Crippen MR) is 169 cm³/mol. The van der Waals surface area contributed by atoms with Gasteiger partial charge in [-0.3, -0.25) is 9.36 Å². The zero-order valence-electron chi connectivity index (χ0n) is 24.3. The number of esters is 1. The van der Waals surface area contributed by atoms with Crippen LogP contribution in [0.25, 0.3) is 6.08 Å². The van der Waals surface area contributed by atoms with E-state index < -0.39 is 12.0 Å². The third kappa shape index (κ3) is 6.69. The monoisotopic (exact) mass is 690 g/mol. The summed E-state index contributed by atoms with van der Waals surface area (Å²) in [6, 6.07) is 10.5. The van der Waals surface area contributed by atoms with E-state index in [1.165, 1.54) is 11.3 Å². The number of hydrogen-bond donors (Lipinski definition) is 0. The topological polar surface area (TPSA) is 88.4 Å². The second-order valence-corrected chi connectivity index (χ2v) is 12.1. The van der Waals surface area contributed by atoms with Crippen LogP contribution in [0.4, 0.5) is 0 Å². The summed E-state index contributed by atoms with van der Waals surface area (Å²) in [5.74, 6) is 1.38. The first kappa shape index (κ1) is 30.8. The molecule has 0 radical (unpaired) electrons. The van der Waals surface area contributed by atoms with E-state index in [1.807, 2.05) is 77.1 Å². The normalized spacial score (nSPS) is 15.2. The van der Waals surface area contributed by atoms with Crippen LogP contribution >= 0.6 is 33.9 Å². The van der Waals surface area contributed by atoms with Gasteiger partial charge in [0, 0.05) is 5.56 Å². The number of carbonyl (C=O) groups excluding carboxylic acids is 1. The third-order valence-electron chi connectivity index (χ3n) is 6.08. The molecule has 0 N–H and O–H groups in total. The summed E-state index contributed by atoms with van der Waals surface area (Å²) in [5.41, 5.74) is 2.04. The summed E-state index contributed by atoms with van der Waals surface area (Å²) < 4.78 is 26.4. The molecule has 0 saturated heterocycles. The average molecular weight is 691 g/mol.